The van der Waals surface area contributed by atoms with Crippen molar-refractivity contribution in [1.82, 2.24) is 49.0 Å². The Labute approximate surface area is 640 Å². The summed E-state index contributed by atoms with van der Waals surface area (Å²) in [7, 11) is 22.1. The lowest BCUT2D eigenvalue weighted by Gasteiger charge is -2.48. The van der Waals surface area contributed by atoms with E-state index in [0.29, 0.717) is 70.2 Å². The van der Waals surface area contributed by atoms with Crippen molar-refractivity contribution >= 4 is 0 Å². The Kier molecular flexibility index (Phi) is 48.4. The number of likely N-dealkylation sites (N-methyl/N-ethyl adjacent to an activating group) is 2. The standard InChI is InChI=1S/C11H23N.2C10H21N.C9H19NO.C9H19N.2C8H17NO.2C8H17N.C7H15NO/c1-9(2)12(5)11(3,4)10-7-6-8-10;1-9(2)11(4)8-10(3)6-5-7-10;1-8(2)11(4)9(3)10-6-5-7-10;1-8(2)10(4)5-9(3)6-11-7-9;1-8(2)10(3)7-9-5-4-6-9;1-7(2)9(3)4-8-5-10-6-8;1-7(2)9(4)8(3)5-10-6-8;2*1-7(2)9(3)8-5-4-6-8;1-6(2)8(3)7-4-9-5-7/h9-10H,6-8H2,1-5H3;9H,5-8H2,1-4H3;8-10H,5-7H2,1-4H3;8H,5-7H2,1-4H3;8-9H,4-7H2,1-3H3;7-8H,4-6H2,1-3H3;7H,5-6H2,1-4H3;2*7-8H,4-6H2,1-3H3;6-7H,4-5H2,1-3H3. The van der Waals surface area contributed by atoms with Crippen molar-refractivity contribution in [1.29, 1.82) is 0 Å². The molecule has 10 rings (SSSR count). The van der Waals surface area contributed by atoms with Gasteiger partial charge in [0.1, 0.15) is 0 Å². The second-order valence-corrected chi connectivity index (χ2v) is 38.8. The van der Waals surface area contributed by atoms with Gasteiger partial charge < -0.3 is 53.2 Å². The van der Waals surface area contributed by atoms with Crippen LogP contribution in [0.1, 0.15) is 296 Å². The zero-order valence-electron chi connectivity index (χ0n) is 75.7. The minimum atomic E-state index is 0.314. The summed E-state index contributed by atoms with van der Waals surface area (Å²) < 4.78 is 20.5. The van der Waals surface area contributed by atoms with Crippen LogP contribution < -0.4 is 0 Å². The minimum absolute atomic E-state index is 0.314. The average Bonchev–Trinajstić information content (AvgIpc) is 0.815. The van der Waals surface area contributed by atoms with Gasteiger partial charge in [0.2, 0.25) is 0 Å². The number of hydrogen-bond acceptors (Lipinski definition) is 14. The first-order chi connectivity index (χ1) is 47.3. The summed E-state index contributed by atoms with van der Waals surface area (Å²) in [6.45, 7) is 71.4. The quantitative estimate of drug-likeness (QED) is 0.0825. The molecule has 4 saturated heterocycles. The topological polar surface area (TPSA) is 69.3 Å². The highest BCUT2D eigenvalue weighted by Crippen LogP contribution is 2.42. The predicted octanol–water partition coefficient (Wildman–Crippen LogP) is 18.0. The van der Waals surface area contributed by atoms with Crippen LogP contribution >= 0.6 is 0 Å². The molecule has 4 heterocycles. The molecule has 14 nitrogen and oxygen atoms in total. The summed E-state index contributed by atoms with van der Waals surface area (Å²) in [6, 6.07) is 10.1. The van der Waals surface area contributed by atoms with Crippen molar-refractivity contribution in [3.05, 3.63) is 0 Å². The Morgan fingerprint density at radius 1 is 0.343 bits per heavy atom. The fourth-order valence-electron chi connectivity index (χ4n) is 13.7. The first-order valence-electron chi connectivity index (χ1n) is 42.7. The van der Waals surface area contributed by atoms with Gasteiger partial charge in [-0.15, -0.1) is 0 Å². The Morgan fingerprint density at radius 3 is 0.892 bits per heavy atom. The zero-order chi connectivity index (χ0) is 78.2. The molecule has 0 aromatic carbocycles. The van der Waals surface area contributed by atoms with Gasteiger partial charge in [-0.05, 0) is 337 Å². The molecule has 612 valence electrons. The summed E-state index contributed by atoms with van der Waals surface area (Å²) in [5.74, 6) is 3.74. The first-order valence-corrected chi connectivity index (χ1v) is 42.7. The largest absolute Gasteiger partial charge is 0.381 e. The molecule has 0 spiro atoms. The Balaban J connectivity index is 0.000000567. The van der Waals surface area contributed by atoms with Gasteiger partial charge in [-0.3, -0.25) is 14.7 Å². The van der Waals surface area contributed by atoms with E-state index in [4.69, 9.17) is 18.9 Å². The molecule has 14 heteroatoms. The van der Waals surface area contributed by atoms with Crippen LogP contribution in [-0.2, 0) is 18.9 Å². The Hall–Kier alpha value is -0.560. The van der Waals surface area contributed by atoms with Crippen LogP contribution in [0.3, 0.4) is 0 Å². The molecule has 10 aliphatic rings. The average molecular weight is 1450 g/mol. The lowest BCUT2D eigenvalue weighted by atomic mass is 9.70. The van der Waals surface area contributed by atoms with Gasteiger partial charge in [0.15, 0.2) is 0 Å². The molecule has 0 aromatic heterocycles. The first kappa shape index (κ1) is 99.4. The van der Waals surface area contributed by atoms with Crippen LogP contribution in [0.15, 0.2) is 0 Å². The molecule has 0 aromatic rings. The van der Waals surface area contributed by atoms with E-state index in [2.05, 4.69) is 299 Å². The highest BCUT2D eigenvalue weighted by atomic mass is 16.5. The smallest absolute Gasteiger partial charge is 0.0671 e. The number of nitrogens with zero attached hydrogens (tertiary/aromatic N) is 10. The molecule has 10 fully saturated rings. The van der Waals surface area contributed by atoms with E-state index in [1.165, 1.54) is 135 Å². The van der Waals surface area contributed by atoms with Crippen molar-refractivity contribution < 1.29 is 18.9 Å². The number of rotatable bonds is 26. The molecular weight excluding hydrogens is 1260 g/mol. The third kappa shape index (κ3) is 37.0. The summed E-state index contributed by atoms with van der Waals surface area (Å²) >= 11 is 0. The van der Waals surface area contributed by atoms with Crippen molar-refractivity contribution in [2.24, 2.45) is 34.5 Å². The molecule has 102 heavy (non-hydrogen) atoms. The highest BCUT2D eigenvalue weighted by Gasteiger charge is 2.40. The van der Waals surface area contributed by atoms with Gasteiger partial charge in [-0.25, -0.2) is 0 Å². The highest BCUT2D eigenvalue weighted by molar-refractivity contribution is 4.94. The molecule has 6 aliphatic carbocycles. The SMILES string of the molecule is CC(C)N(C)C(C)(C)C1CCC1.CC(C)N(C)C(C)C1CCC1.CC(C)N(C)C1(C)COC1.CC(C)N(C)C1CCC1.CC(C)N(C)C1CCC1.CC(C)N(C)C1COC1.CC(C)N(C)CC1(C)CCC1.CC(C)N(C)CC1(C)COC1.CC(C)N(C)CC1CCC1.CC(C)N(C)CC1COC1. The lowest BCUT2D eigenvalue weighted by molar-refractivity contribution is -0.130. The van der Waals surface area contributed by atoms with E-state index in [1.807, 2.05) is 0 Å². The predicted molar refractivity (Wildman–Crippen MR) is 448 cm³/mol. The third-order valence-electron chi connectivity index (χ3n) is 26.7. The van der Waals surface area contributed by atoms with E-state index < -0.39 is 0 Å². The third-order valence-corrected chi connectivity index (χ3v) is 26.7. The summed E-state index contributed by atoms with van der Waals surface area (Å²) in [4.78, 5) is 24.3. The van der Waals surface area contributed by atoms with E-state index >= 15 is 0 Å². The fraction of sp³-hybridized carbons (Fsp3) is 1.00. The molecule has 1 unspecified atom stereocenters. The molecule has 1 atom stereocenters. The Bertz CT molecular complexity index is 1920. The second kappa shape index (κ2) is 49.6. The van der Waals surface area contributed by atoms with E-state index in [-0.39, 0.29) is 0 Å². The van der Waals surface area contributed by atoms with E-state index in [0.717, 1.165) is 119 Å². The van der Waals surface area contributed by atoms with Crippen LogP contribution in [0, 0.1) is 34.5 Å². The summed E-state index contributed by atoms with van der Waals surface area (Å²) in [6.07, 6.45) is 26.0. The fourth-order valence-corrected chi connectivity index (χ4v) is 13.7. The monoisotopic (exact) mass is 1450 g/mol. The maximum Gasteiger partial charge on any atom is 0.0671 e. The van der Waals surface area contributed by atoms with Gasteiger partial charge in [-0.1, -0.05) is 52.4 Å². The van der Waals surface area contributed by atoms with Crippen molar-refractivity contribution in [2.75, 3.05) is 150 Å². The van der Waals surface area contributed by atoms with Gasteiger partial charge in [0.25, 0.3) is 0 Å². The molecule has 0 amide bonds. The summed E-state index contributed by atoms with van der Waals surface area (Å²) in [5, 5.41) is 0. The van der Waals surface area contributed by atoms with Gasteiger partial charge >= 0.3 is 0 Å². The van der Waals surface area contributed by atoms with Crippen LogP contribution in [0.5, 0.6) is 0 Å². The van der Waals surface area contributed by atoms with Crippen LogP contribution in [0.4, 0.5) is 0 Å². The molecule has 6 saturated carbocycles. The summed E-state index contributed by atoms with van der Waals surface area (Å²) in [5.41, 5.74) is 1.80. The van der Waals surface area contributed by atoms with Crippen LogP contribution in [0.25, 0.3) is 0 Å². The molecule has 0 N–H and O–H groups in total. The maximum absolute atomic E-state index is 5.19. The van der Waals surface area contributed by atoms with Gasteiger partial charge in [-0.2, -0.15) is 0 Å². The van der Waals surface area contributed by atoms with E-state index in [9.17, 15) is 0 Å². The maximum atomic E-state index is 5.19. The van der Waals surface area contributed by atoms with Crippen molar-refractivity contribution in [3.63, 3.8) is 0 Å². The van der Waals surface area contributed by atoms with Gasteiger partial charge in [0.05, 0.1) is 64.4 Å². The lowest BCUT2D eigenvalue weighted by Crippen LogP contribution is -2.60. The zero-order valence-corrected chi connectivity index (χ0v) is 75.7. The molecule has 0 bridgehead atoms. The van der Waals surface area contributed by atoms with Gasteiger partial charge in [0, 0.05) is 122 Å². The minimum Gasteiger partial charge on any atom is -0.381 e. The number of ether oxygens (including phenoxy) is 4. The second-order valence-electron chi connectivity index (χ2n) is 38.8. The van der Waals surface area contributed by atoms with Crippen LogP contribution in [-0.4, -0.2) is 294 Å². The molecular formula is C88H186N10O4. The Morgan fingerprint density at radius 2 is 0.706 bits per heavy atom. The van der Waals surface area contributed by atoms with E-state index in [1.54, 1.807) is 0 Å². The number of hydrogen-bond donors (Lipinski definition) is 0. The normalized spacial score (nSPS) is 21.4. The molecule has 0 radical (unpaired) electrons. The van der Waals surface area contributed by atoms with Crippen LogP contribution in [0.2, 0.25) is 0 Å². The van der Waals surface area contributed by atoms with Crippen molar-refractivity contribution in [2.45, 2.75) is 391 Å². The molecule has 4 aliphatic heterocycles. The van der Waals surface area contributed by atoms with Crippen molar-refractivity contribution in [3.8, 4) is 0 Å².